The summed E-state index contributed by atoms with van der Waals surface area (Å²) in [7, 11) is 1.56. The molecule has 0 bridgehead atoms. The summed E-state index contributed by atoms with van der Waals surface area (Å²) in [5.41, 5.74) is -0.466. The van der Waals surface area contributed by atoms with Crippen LogP contribution in [0.15, 0.2) is 12.4 Å². The fraction of sp³-hybridized carbons (Fsp3) is 0.643. The van der Waals surface area contributed by atoms with Gasteiger partial charge >= 0.3 is 6.09 Å². The van der Waals surface area contributed by atoms with Gasteiger partial charge in [-0.2, -0.15) is 4.98 Å². The Labute approximate surface area is 124 Å². The fourth-order valence-corrected chi connectivity index (χ4v) is 2.03. The minimum atomic E-state index is -0.466. The Bertz CT molecular complexity index is 493. The first kappa shape index (κ1) is 15.3. The molecule has 0 saturated carbocycles. The van der Waals surface area contributed by atoms with E-state index in [1.165, 1.54) is 0 Å². The van der Waals surface area contributed by atoms with Crippen LogP contribution in [0.5, 0.6) is 5.88 Å². The molecule has 1 aliphatic rings. The molecule has 7 nitrogen and oxygen atoms in total. The lowest BCUT2D eigenvalue weighted by Gasteiger charge is -2.36. The molecule has 1 amide bonds. The molecule has 0 atom stereocenters. The van der Waals surface area contributed by atoms with E-state index >= 15 is 0 Å². The highest BCUT2D eigenvalue weighted by atomic mass is 16.6. The third-order valence-electron chi connectivity index (χ3n) is 3.06. The Morgan fingerprint density at radius 3 is 2.43 bits per heavy atom. The van der Waals surface area contributed by atoms with Crippen molar-refractivity contribution < 1.29 is 14.3 Å². The van der Waals surface area contributed by atoms with Crippen LogP contribution < -0.4 is 9.64 Å². The number of anilines is 1. The molecular weight excluding hydrogens is 272 g/mol. The molecule has 2 rings (SSSR count). The van der Waals surface area contributed by atoms with Gasteiger partial charge in [0.25, 0.3) is 0 Å². The molecule has 1 fully saturated rings. The molecular formula is C14H22N4O3. The summed E-state index contributed by atoms with van der Waals surface area (Å²) in [6.45, 7) is 8.21. The summed E-state index contributed by atoms with van der Waals surface area (Å²) in [4.78, 5) is 24.2. The largest absolute Gasteiger partial charge is 0.480 e. The van der Waals surface area contributed by atoms with Crippen molar-refractivity contribution in [1.29, 1.82) is 0 Å². The minimum absolute atomic E-state index is 0.265. The molecule has 0 spiro atoms. The van der Waals surface area contributed by atoms with Gasteiger partial charge in [-0.3, -0.25) is 4.98 Å². The maximum atomic E-state index is 12.0. The Hall–Kier alpha value is -2.05. The molecule has 21 heavy (non-hydrogen) atoms. The van der Waals surface area contributed by atoms with Gasteiger partial charge in [-0.1, -0.05) is 0 Å². The topological polar surface area (TPSA) is 67.8 Å². The van der Waals surface area contributed by atoms with E-state index in [1.54, 1.807) is 24.4 Å². The van der Waals surface area contributed by atoms with Crippen molar-refractivity contribution in [2.24, 2.45) is 0 Å². The van der Waals surface area contributed by atoms with Crippen LogP contribution in [0, 0.1) is 0 Å². The van der Waals surface area contributed by atoms with Crippen LogP contribution in [0.25, 0.3) is 0 Å². The Kier molecular flexibility index (Phi) is 4.50. The quantitative estimate of drug-likeness (QED) is 0.824. The molecule has 0 N–H and O–H groups in total. The molecule has 0 aliphatic carbocycles. The average Bonchev–Trinajstić information content (AvgIpc) is 2.46. The molecule has 2 heterocycles. The molecule has 7 heteroatoms. The molecule has 0 radical (unpaired) electrons. The summed E-state index contributed by atoms with van der Waals surface area (Å²) < 4.78 is 10.5. The van der Waals surface area contributed by atoms with Gasteiger partial charge in [0.15, 0.2) is 5.82 Å². The number of rotatable bonds is 2. The first-order valence-corrected chi connectivity index (χ1v) is 6.98. The van der Waals surface area contributed by atoms with Gasteiger partial charge in [0.2, 0.25) is 5.88 Å². The summed E-state index contributed by atoms with van der Waals surface area (Å²) in [5.74, 6) is 1.25. The van der Waals surface area contributed by atoms with Crippen LogP contribution in [0.2, 0.25) is 0 Å². The van der Waals surface area contributed by atoms with Crippen LogP contribution in [0.4, 0.5) is 10.6 Å². The monoisotopic (exact) mass is 294 g/mol. The molecule has 1 saturated heterocycles. The lowest BCUT2D eigenvalue weighted by Crippen LogP contribution is -2.50. The van der Waals surface area contributed by atoms with E-state index in [9.17, 15) is 4.79 Å². The Balaban J connectivity index is 1.92. The standard InChI is InChI=1S/C14H22N4O3/c1-14(2,3)21-13(19)18-7-5-17(6-8-18)11-9-15-10-12(16-11)20-4/h9-10H,5-8H2,1-4H3. The van der Waals surface area contributed by atoms with Crippen LogP contribution in [0.3, 0.4) is 0 Å². The van der Waals surface area contributed by atoms with Crippen molar-refractivity contribution >= 4 is 11.9 Å². The molecule has 0 aromatic carbocycles. The number of carbonyl (C=O) groups excluding carboxylic acids is 1. The number of piperazine rings is 1. The number of methoxy groups -OCH3 is 1. The SMILES string of the molecule is COc1cncc(N2CCN(C(=O)OC(C)(C)C)CC2)n1. The Morgan fingerprint density at radius 2 is 1.86 bits per heavy atom. The number of hydrogen-bond acceptors (Lipinski definition) is 6. The predicted molar refractivity (Wildman–Crippen MR) is 78.6 cm³/mol. The van der Waals surface area contributed by atoms with Crippen molar-refractivity contribution in [3.05, 3.63) is 12.4 Å². The van der Waals surface area contributed by atoms with E-state index in [0.29, 0.717) is 32.1 Å². The molecule has 1 aliphatic heterocycles. The van der Waals surface area contributed by atoms with Crippen molar-refractivity contribution in [3.8, 4) is 5.88 Å². The fourth-order valence-electron chi connectivity index (χ4n) is 2.03. The zero-order valence-electron chi connectivity index (χ0n) is 13.0. The maximum absolute atomic E-state index is 12.0. The molecule has 0 unspecified atom stereocenters. The first-order valence-electron chi connectivity index (χ1n) is 6.98. The summed E-state index contributed by atoms with van der Waals surface area (Å²) in [6.07, 6.45) is 3.01. The van der Waals surface area contributed by atoms with Crippen LogP contribution in [-0.4, -0.2) is 59.9 Å². The number of hydrogen-bond donors (Lipinski definition) is 0. The second-order valence-electron chi connectivity index (χ2n) is 5.87. The van der Waals surface area contributed by atoms with Crippen molar-refractivity contribution in [2.45, 2.75) is 26.4 Å². The third-order valence-corrected chi connectivity index (χ3v) is 3.06. The van der Waals surface area contributed by atoms with Crippen molar-refractivity contribution in [1.82, 2.24) is 14.9 Å². The van der Waals surface area contributed by atoms with Crippen LogP contribution >= 0.6 is 0 Å². The summed E-state index contributed by atoms with van der Waals surface area (Å²) in [5, 5.41) is 0. The second kappa shape index (κ2) is 6.15. The highest BCUT2D eigenvalue weighted by molar-refractivity contribution is 5.68. The summed E-state index contributed by atoms with van der Waals surface area (Å²) >= 11 is 0. The zero-order chi connectivity index (χ0) is 15.5. The average molecular weight is 294 g/mol. The van der Waals surface area contributed by atoms with E-state index in [1.807, 2.05) is 20.8 Å². The maximum Gasteiger partial charge on any atom is 0.410 e. The molecule has 1 aromatic heterocycles. The Morgan fingerprint density at radius 1 is 1.19 bits per heavy atom. The smallest absolute Gasteiger partial charge is 0.410 e. The van der Waals surface area contributed by atoms with Gasteiger partial charge in [0, 0.05) is 26.2 Å². The van der Waals surface area contributed by atoms with E-state index < -0.39 is 5.60 Å². The van der Waals surface area contributed by atoms with E-state index in [4.69, 9.17) is 9.47 Å². The number of amides is 1. The van der Waals surface area contributed by atoms with E-state index in [-0.39, 0.29) is 6.09 Å². The van der Waals surface area contributed by atoms with Crippen LogP contribution in [-0.2, 0) is 4.74 Å². The predicted octanol–water partition coefficient (Wildman–Crippen LogP) is 1.54. The van der Waals surface area contributed by atoms with Crippen molar-refractivity contribution in [2.75, 3.05) is 38.2 Å². The highest BCUT2D eigenvalue weighted by Gasteiger charge is 2.26. The minimum Gasteiger partial charge on any atom is -0.480 e. The molecule has 1 aromatic rings. The van der Waals surface area contributed by atoms with Gasteiger partial charge < -0.3 is 19.3 Å². The van der Waals surface area contributed by atoms with Crippen molar-refractivity contribution in [3.63, 3.8) is 0 Å². The van der Waals surface area contributed by atoms with E-state index in [0.717, 1.165) is 5.82 Å². The first-order chi connectivity index (χ1) is 9.89. The van der Waals surface area contributed by atoms with Gasteiger partial charge in [0.1, 0.15) is 5.60 Å². The normalized spacial score (nSPS) is 15.8. The number of nitrogens with zero attached hydrogens (tertiary/aromatic N) is 4. The summed E-state index contributed by atoms with van der Waals surface area (Å²) in [6, 6.07) is 0. The number of ether oxygens (including phenoxy) is 2. The highest BCUT2D eigenvalue weighted by Crippen LogP contribution is 2.17. The second-order valence-corrected chi connectivity index (χ2v) is 5.87. The van der Waals surface area contributed by atoms with Crippen LogP contribution in [0.1, 0.15) is 20.8 Å². The number of carbonyl (C=O) groups is 1. The molecule has 116 valence electrons. The lowest BCUT2D eigenvalue weighted by molar-refractivity contribution is 0.0240. The lowest BCUT2D eigenvalue weighted by atomic mass is 10.2. The van der Waals surface area contributed by atoms with E-state index in [2.05, 4.69) is 14.9 Å². The van der Waals surface area contributed by atoms with Gasteiger partial charge in [-0.05, 0) is 20.8 Å². The number of aromatic nitrogens is 2. The third kappa shape index (κ3) is 4.21. The van der Waals surface area contributed by atoms with Gasteiger partial charge in [0.05, 0.1) is 19.5 Å². The van der Waals surface area contributed by atoms with Gasteiger partial charge in [-0.15, -0.1) is 0 Å². The zero-order valence-corrected chi connectivity index (χ0v) is 13.0. The van der Waals surface area contributed by atoms with Gasteiger partial charge in [-0.25, -0.2) is 4.79 Å².